The number of hydrogen-bond donors (Lipinski definition) is 3. The van der Waals surface area contributed by atoms with Gasteiger partial charge in [-0.25, -0.2) is 4.39 Å². The Labute approximate surface area is 172 Å². The van der Waals surface area contributed by atoms with Gasteiger partial charge >= 0.3 is 0 Å². The first-order valence-electron chi connectivity index (χ1n) is 9.08. The molecule has 0 atom stereocenters. The van der Waals surface area contributed by atoms with E-state index in [0.29, 0.717) is 12.5 Å². The van der Waals surface area contributed by atoms with Crippen molar-refractivity contribution in [1.29, 1.82) is 0 Å². The van der Waals surface area contributed by atoms with Gasteiger partial charge in [-0.15, -0.1) is 24.0 Å². The van der Waals surface area contributed by atoms with Crippen molar-refractivity contribution in [3.63, 3.8) is 0 Å². The standard InChI is InChI=1S/C19H30FN3O2.HI/c1-3-25-11-10-19(8-4-5-9-19)14-23-18(21-2)22-13-15-6-7-17(24)16(20)12-15;/h6-7,12,24H,3-5,8-11,13-14H2,1-2H3,(H2,21,22,23);1H. The van der Waals surface area contributed by atoms with Gasteiger partial charge in [0.25, 0.3) is 0 Å². The summed E-state index contributed by atoms with van der Waals surface area (Å²) in [6, 6.07) is 4.39. The Hall–Kier alpha value is -1.09. The van der Waals surface area contributed by atoms with Crippen LogP contribution in [0, 0.1) is 11.2 Å². The number of aromatic hydroxyl groups is 1. The summed E-state index contributed by atoms with van der Waals surface area (Å²) in [5.41, 5.74) is 1.03. The summed E-state index contributed by atoms with van der Waals surface area (Å²) < 4.78 is 19.0. The van der Waals surface area contributed by atoms with Gasteiger partial charge in [0, 0.05) is 33.4 Å². The van der Waals surface area contributed by atoms with E-state index in [9.17, 15) is 9.50 Å². The summed E-state index contributed by atoms with van der Waals surface area (Å²) in [6.45, 7) is 4.90. The van der Waals surface area contributed by atoms with Crippen LogP contribution in [0.4, 0.5) is 4.39 Å². The number of hydrogen-bond acceptors (Lipinski definition) is 3. The maximum atomic E-state index is 13.4. The maximum absolute atomic E-state index is 13.4. The summed E-state index contributed by atoms with van der Waals surface area (Å²) in [7, 11) is 1.73. The van der Waals surface area contributed by atoms with Gasteiger partial charge in [-0.2, -0.15) is 0 Å². The number of nitrogens with one attached hydrogen (secondary N) is 2. The average molecular weight is 479 g/mol. The zero-order valence-electron chi connectivity index (χ0n) is 15.7. The van der Waals surface area contributed by atoms with E-state index >= 15 is 0 Å². The molecule has 26 heavy (non-hydrogen) atoms. The molecule has 1 aromatic carbocycles. The van der Waals surface area contributed by atoms with Crippen LogP contribution >= 0.6 is 24.0 Å². The second-order valence-corrected chi connectivity index (χ2v) is 6.72. The molecule has 5 nitrogen and oxygen atoms in total. The van der Waals surface area contributed by atoms with Crippen LogP contribution in [0.3, 0.4) is 0 Å². The molecule has 1 fully saturated rings. The van der Waals surface area contributed by atoms with Crippen LogP contribution in [-0.2, 0) is 11.3 Å². The van der Waals surface area contributed by atoms with Gasteiger partial charge in [0.05, 0.1) is 0 Å². The number of rotatable bonds is 8. The van der Waals surface area contributed by atoms with E-state index in [1.807, 2.05) is 6.92 Å². The number of phenols is 1. The third kappa shape index (κ3) is 6.90. The van der Waals surface area contributed by atoms with E-state index in [1.165, 1.54) is 37.8 Å². The van der Waals surface area contributed by atoms with Gasteiger partial charge in [0.2, 0.25) is 0 Å². The molecule has 0 bridgehead atoms. The molecule has 1 aliphatic carbocycles. The highest BCUT2D eigenvalue weighted by Crippen LogP contribution is 2.40. The Morgan fingerprint density at radius 2 is 2.04 bits per heavy atom. The van der Waals surface area contributed by atoms with Crippen molar-refractivity contribution in [2.45, 2.75) is 45.6 Å². The Morgan fingerprint density at radius 1 is 1.31 bits per heavy atom. The highest BCUT2D eigenvalue weighted by Gasteiger charge is 2.33. The topological polar surface area (TPSA) is 65.9 Å². The molecule has 1 aliphatic rings. The number of phenolic OH excluding ortho intramolecular Hbond substituents is 1. The Morgan fingerprint density at radius 3 is 2.65 bits per heavy atom. The van der Waals surface area contributed by atoms with Crippen molar-refractivity contribution >= 4 is 29.9 Å². The van der Waals surface area contributed by atoms with E-state index in [1.54, 1.807) is 13.1 Å². The largest absolute Gasteiger partial charge is 0.505 e. The highest BCUT2D eigenvalue weighted by atomic mass is 127. The molecule has 0 spiro atoms. The lowest BCUT2D eigenvalue weighted by atomic mass is 9.83. The van der Waals surface area contributed by atoms with Crippen molar-refractivity contribution in [3.8, 4) is 5.75 Å². The Bertz CT molecular complexity index is 578. The fourth-order valence-corrected chi connectivity index (χ4v) is 3.41. The predicted molar refractivity (Wildman–Crippen MR) is 114 cm³/mol. The summed E-state index contributed by atoms with van der Waals surface area (Å²) >= 11 is 0. The summed E-state index contributed by atoms with van der Waals surface area (Å²) in [5, 5.41) is 15.9. The van der Waals surface area contributed by atoms with E-state index in [2.05, 4.69) is 15.6 Å². The zero-order valence-corrected chi connectivity index (χ0v) is 18.0. The third-order valence-electron chi connectivity index (χ3n) is 4.97. The molecule has 2 rings (SSSR count). The van der Waals surface area contributed by atoms with Crippen LogP contribution < -0.4 is 10.6 Å². The molecule has 0 aliphatic heterocycles. The summed E-state index contributed by atoms with van der Waals surface area (Å²) in [5.74, 6) is -0.233. The lowest BCUT2D eigenvalue weighted by Crippen LogP contribution is -2.43. The molecule has 3 N–H and O–H groups in total. The van der Waals surface area contributed by atoms with Gasteiger partial charge in [-0.1, -0.05) is 18.9 Å². The molecule has 0 saturated heterocycles. The minimum atomic E-state index is -0.608. The van der Waals surface area contributed by atoms with E-state index < -0.39 is 5.82 Å². The van der Waals surface area contributed by atoms with Gasteiger partial charge in [-0.05, 0) is 49.3 Å². The van der Waals surface area contributed by atoms with Crippen LogP contribution in [0.2, 0.25) is 0 Å². The van der Waals surface area contributed by atoms with Crippen LogP contribution in [-0.4, -0.2) is 37.9 Å². The van der Waals surface area contributed by atoms with Gasteiger partial charge < -0.3 is 20.5 Å². The number of ether oxygens (including phenoxy) is 1. The highest BCUT2D eigenvalue weighted by molar-refractivity contribution is 14.0. The molecule has 1 aromatic rings. The lowest BCUT2D eigenvalue weighted by Gasteiger charge is -2.30. The first kappa shape index (κ1) is 23.0. The fourth-order valence-electron chi connectivity index (χ4n) is 3.41. The van der Waals surface area contributed by atoms with Gasteiger partial charge in [0.15, 0.2) is 17.5 Å². The molecular weight excluding hydrogens is 448 g/mol. The number of benzene rings is 1. The van der Waals surface area contributed by atoms with Crippen molar-refractivity contribution < 1.29 is 14.2 Å². The smallest absolute Gasteiger partial charge is 0.191 e. The molecule has 0 heterocycles. The van der Waals surface area contributed by atoms with Gasteiger partial charge in [0.1, 0.15) is 0 Å². The SMILES string of the molecule is CCOCCC1(CNC(=NC)NCc2ccc(O)c(F)c2)CCCC1.I. The summed E-state index contributed by atoms with van der Waals surface area (Å²) in [4.78, 5) is 4.25. The third-order valence-corrected chi connectivity index (χ3v) is 4.97. The van der Waals surface area contributed by atoms with Crippen LogP contribution in [0.25, 0.3) is 0 Å². The number of halogens is 2. The van der Waals surface area contributed by atoms with Crippen molar-refractivity contribution in [2.24, 2.45) is 10.4 Å². The molecule has 148 valence electrons. The monoisotopic (exact) mass is 479 g/mol. The molecule has 0 aromatic heterocycles. The van der Waals surface area contributed by atoms with Gasteiger partial charge in [-0.3, -0.25) is 4.99 Å². The van der Waals surface area contributed by atoms with Crippen LogP contribution in [0.5, 0.6) is 5.75 Å². The molecule has 1 saturated carbocycles. The predicted octanol–water partition coefficient (Wildman–Crippen LogP) is 3.80. The first-order valence-corrected chi connectivity index (χ1v) is 9.08. The van der Waals surface area contributed by atoms with E-state index in [0.717, 1.165) is 31.7 Å². The molecular formula is C19H31FIN3O2. The molecule has 0 radical (unpaired) electrons. The summed E-state index contributed by atoms with van der Waals surface area (Å²) in [6.07, 6.45) is 6.04. The van der Waals surface area contributed by atoms with Crippen molar-refractivity contribution in [2.75, 3.05) is 26.8 Å². The quantitative estimate of drug-likeness (QED) is 0.230. The lowest BCUT2D eigenvalue weighted by molar-refractivity contribution is 0.105. The number of guanidine groups is 1. The molecule has 7 heteroatoms. The molecule has 0 amide bonds. The minimum absolute atomic E-state index is 0. The van der Waals surface area contributed by atoms with E-state index in [4.69, 9.17) is 4.74 Å². The fraction of sp³-hybridized carbons (Fsp3) is 0.632. The second kappa shape index (κ2) is 11.6. The van der Waals surface area contributed by atoms with E-state index in [-0.39, 0.29) is 35.1 Å². The van der Waals surface area contributed by atoms with Crippen LogP contribution in [0.1, 0.15) is 44.6 Å². The Balaban J connectivity index is 0.00000338. The average Bonchev–Trinajstić information content (AvgIpc) is 3.07. The van der Waals surface area contributed by atoms with Crippen molar-refractivity contribution in [1.82, 2.24) is 10.6 Å². The zero-order chi connectivity index (χ0) is 18.1. The second-order valence-electron chi connectivity index (χ2n) is 6.72. The van der Waals surface area contributed by atoms with Crippen molar-refractivity contribution in [3.05, 3.63) is 29.6 Å². The first-order chi connectivity index (χ1) is 12.1. The Kier molecular flexibility index (Phi) is 10.2. The molecule has 0 unspecified atom stereocenters. The normalized spacial score (nSPS) is 16.2. The number of aliphatic imine (C=N–C) groups is 1. The number of nitrogens with zero attached hydrogens (tertiary/aromatic N) is 1. The minimum Gasteiger partial charge on any atom is -0.505 e. The van der Waals surface area contributed by atoms with Crippen LogP contribution in [0.15, 0.2) is 23.2 Å². The maximum Gasteiger partial charge on any atom is 0.191 e.